The maximum atomic E-state index is 12.0. The van der Waals surface area contributed by atoms with Gasteiger partial charge in [-0.2, -0.15) is 0 Å². The second-order valence-electron chi connectivity index (χ2n) is 6.11. The van der Waals surface area contributed by atoms with Crippen LogP contribution in [0.5, 0.6) is 0 Å². The van der Waals surface area contributed by atoms with Crippen LogP contribution in [-0.2, 0) is 4.74 Å². The molecule has 2 unspecified atom stereocenters. The predicted molar refractivity (Wildman–Crippen MR) is 77.6 cm³/mol. The molecule has 0 aromatic carbocycles. The topological polar surface area (TPSA) is 26.3 Å². The molecule has 4 heteroatoms. The fraction of sp³-hybridized carbons (Fsp3) is 0.643. The number of carbonyl (C=O) groups is 1. The number of thiol groups is 1. The van der Waals surface area contributed by atoms with Crippen LogP contribution in [0.25, 0.3) is 0 Å². The molecular formula is C14H20O2S2. The Balaban J connectivity index is 1.99. The molecule has 1 aliphatic rings. The Morgan fingerprint density at radius 3 is 2.78 bits per heavy atom. The van der Waals surface area contributed by atoms with E-state index in [0.717, 1.165) is 17.7 Å². The molecule has 0 spiro atoms. The molecule has 1 saturated carbocycles. The van der Waals surface area contributed by atoms with Crippen molar-refractivity contribution in [3.63, 3.8) is 0 Å². The molecule has 0 radical (unpaired) electrons. The maximum absolute atomic E-state index is 12.0. The number of thiophene rings is 1. The first kappa shape index (κ1) is 13.9. The van der Waals surface area contributed by atoms with E-state index in [2.05, 4.69) is 33.4 Å². The highest BCUT2D eigenvalue weighted by Crippen LogP contribution is 2.40. The number of hydrogen-bond acceptors (Lipinski definition) is 4. The second-order valence-corrected chi connectivity index (χ2v) is 7.54. The quantitative estimate of drug-likeness (QED) is 0.643. The molecule has 1 fully saturated rings. The van der Waals surface area contributed by atoms with E-state index in [1.54, 1.807) is 6.07 Å². The van der Waals surface area contributed by atoms with Crippen LogP contribution in [0.4, 0.5) is 0 Å². The summed E-state index contributed by atoms with van der Waals surface area (Å²) in [5.74, 6) is 0.422. The molecule has 0 amide bonds. The van der Waals surface area contributed by atoms with Crippen molar-refractivity contribution in [1.82, 2.24) is 0 Å². The van der Waals surface area contributed by atoms with Crippen molar-refractivity contribution in [2.24, 2.45) is 11.3 Å². The highest BCUT2D eigenvalue weighted by molar-refractivity contribution is 7.80. The highest BCUT2D eigenvalue weighted by atomic mass is 32.1. The van der Waals surface area contributed by atoms with Crippen LogP contribution in [0.2, 0.25) is 0 Å². The van der Waals surface area contributed by atoms with Crippen LogP contribution >= 0.6 is 24.0 Å². The summed E-state index contributed by atoms with van der Waals surface area (Å²) in [6.07, 6.45) is 3.21. The lowest BCUT2D eigenvalue weighted by molar-refractivity contribution is -0.00671. The molecule has 2 rings (SSSR count). The average Bonchev–Trinajstić information content (AvgIpc) is 2.61. The minimum atomic E-state index is -0.199. The van der Waals surface area contributed by atoms with Crippen molar-refractivity contribution < 1.29 is 9.53 Å². The van der Waals surface area contributed by atoms with Crippen LogP contribution in [0.15, 0.2) is 16.3 Å². The van der Waals surface area contributed by atoms with Crippen LogP contribution in [-0.4, -0.2) is 12.1 Å². The zero-order chi connectivity index (χ0) is 13.3. The van der Waals surface area contributed by atoms with Crippen molar-refractivity contribution in [1.29, 1.82) is 0 Å². The maximum Gasteiger partial charge on any atom is 0.348 e. The Labute approximate surface area is 118 Å². The number of rotatable bonds is 2. The van der Waals surface area contributed by atoms with E-state index in [0.29, 0.717) is 10.8 Å². The van der Waals surface area contributed by atoms with Gasteiger partial charge in [0.15, 0.2) is 0 Å². The third kappa shape index (κ3) is 3.51. The molecule has 0 saturated heterocycles. The summed E-state index contributed by atoms with van der Waals surface area (Å²) in [4.78, 5) is 13.5. The molecule has 0 aliphatic heterocycles. The molecule has 18 heavy (non-hydrogen) atoms. The van der Waals surface area contributed by atoms with E-state index in [-0.39, 0.29) is 17.5 Å². The van der Waals surface area contributed by atoms with Crippen LogP contribution in [0, 0.1) is 11.3 Å². The van der Waals surface area contributed by atoms with Gasteiger partial charge in [0.25, 0.3) is 0 Å². The van der Waals surface area contributed by atoms with Gasteiger partial charge in [0.1, 0.15) is 11.0 Å². The highest BCUT2D eigenvalue weighted by Gasteiger charge is 2.34. The largest absolute Gasteiger partial charge is 0.458 e. The second kappa shape index (κ2) is 5.25. The van der Waals surface area contributed by atoms with Crippen LogP contribution in [0.3, 0.4) is 0 Å². The van der Waals surface area contributed by atoms with Crippen molar-refractivity contribution in [2.75, 3.05) is 0 Å². The third-order valence-corrected chi connectivity index (χ3v) is 4.75. The van der Waals surface area contributed by atoms with Crippen molar-refractivity contribution in [3.05, 3.63) is 16.3 Å². The summed E-state index contributed by atoms with van der Waals surface area (Å²) >= 11 is 5.61. The molecule has 1 aromatic rings. The Kier molecular flexibility index (Phi) is 4.07. The minimum Gasteiger partial charge on any atom is -0.458 e. The monoisotopic (exact) mass is 284 g/mol. The lowest BCUT2D eigenvalue weighted by Crippen LogP contribution is -2.33. The van der Waals surface area contributed by atoms with Crippen molar-refractivity contribution in [2.45, 2.75) is 51.0 Å². The molecular weight excluding hydrogens is 264 g/mol. The summed E-state index contributed by atoms with van der Waals surface area (Å²) in [5.41, 5.74) is 0.271. The first-order valence-corrected chi connectivity index (χ1v) is 7.67. The number of carbonyl (C=O) groups excluding carboxylic acids is 1. The van der Waals surface area contributed by atoms with E-state index in [1.165, 1.54) is 17.8 Å². The van der Waals surface area contributed by atoms with E-state index in [4.69, 9.17) is 4.74 Å². The first-order valence-electron chi connectivity index (χ1n) is 6.34. The SMILES string of the molecule is CC1CC(OC(=O)c2cc(S)cs2)CC(C)(C)C1. The zero-order valence-corrected chi connectivity index (χ0v) is 12.8. The summed E-state index contributed by atoms with van der Waals surface area (Å²) < 4.78 is 5.63. The molecule has 2 atom stereocenters. The van der Waals surface area contributed by atoms with Crippen molar-refractivity contribution in [3.8, 4) is 0 Å². The molecule has 1 aromatic heterocycles. The van der Waals surface area contributed by atoms with Gasteiger partial charge in [-0.15, -0.1) is 24.0 Å². The molecule has 100 valence electrons. The summed E-state index contributed by atoms with van der Waals surface area (Å²) in [6.45, 7) is 6.74. The van der Waals surface area contributed by atoms with Gasteiger partial charge in [0.2, 0.25) is 0 Å². The van der Waals surface area contributed by atoms with Gasteiger partial charge in [0.05, 0.1) is 0 Å². The molecule has 0 bridgehead atoms. The van der Waals surface area contributed by atoms with E-state index in [9.17, 15) is 4.79 Å². The van der Waals surface area contributed by atoms with E-state index in [1.807, 2.05) is 5.38 Å². The van der Waals surface area contributed by atoms with Gasteiger partial charge < -0.3 is 4.74 Å². The first-order chi connectivity index (χ1) is 8.35. The van der Waals surface area contributed by atoms with Gasteiger partial charge in [-0.3, -0.25) is 0 Å². The standard InChI is InChI=1S/C14H20O2S2/c1-9-4-10(7-14(2,3)6-9)16-13(15)12-5-11(17)8-18-12/h5,8-10,17H,4,6-7H2,1-3H3. The number of hydrogen-bond donors (Lipinski definition) is 1. The lowest BCUT2D eigenvalue weighted by Gasteiger charge is -2.38. The Morgan fingerprint density at radius 1 is 1.50 bits per heavy atom. The van der Waals surface area contributed by atoms with Gasteiger partial charge >= 0.3 is 5.97 Å². The fourth-order valence-electron chi connectivity index (χ4n) is 2.99. The Morgan fingerprint density at radius 2 is 2.22 bits per heavy atom. The number of esters is 1. The predicted octanol–water partition coefficient (Wildman–Crippen LogP) is 4.41. The average molecular weight is 284 g/mol. The fourth-order valence-corrected chi connectivity index (χ4v) is 4.02. The Hall–Kier alpha value is -0.480. The molecule has 2 nitrogen and oxygen atoms in total. The van der Waals surface area contributed by atoms with Crippen LogP contribution in [0.1, 0.15) is 49.7 Å². The van der Waals surface area contributed by atoms with Gasteiger partial charge in [-0.25, -0.2) is 4.79 Å². The summed E-state index contributed by atoms with van der Waals surface area (Å²) in [7, 11) is 0. The smallest absolute Gasteiger partial charge is 0.348 e. The molecule has 0 N–H and O–H groups in total. The van der Waals surface area contributed by atoms with Gasteiger partial charge in [0, 0.05) is 10.3 Å². The number of ether oxygens (including phenoxy) is 1. The zero-order valence-electron chi connectivity index (χ0n) is 11.1. The van der Waals surface area contributed by atoms with Crippen LogP contribution < -0.4 is 0 Å². The molecule has 1 aliphatic carbocycles. The van der Waals surface area contributed by atoms with Gasteiger partial charge in [-0.1, -0.05) is 20.8 Å². The normalized spacial score (nSPS) is 26.9. The van der Waals surface area contributed by atoms with Gasteiger partial charge in [-0.05, 0) is 36.7 Å². The molecule has 1 heterocycles. The van der Waals surface area contributed by atoms with E-state index >= 15 is 0 Å². The lowest BCUT2D eigenvalue weighted by atomic mass is 9.71. The summed E-state index contributed by atoms with van der Waals surface area (Å²) in [5, 5.41) is 1.85. The third-order valence-electron chi connectivity index (χ3n) is 3.41. The Bertz CT molecular complexity index is 437. The minimum absolute atomic E-state index is 0.0571. The van der Waals surface area contributed by atoms with E-state index < -0.39 is 0 Å². The van der Waals surface area contributed by atoms with Crippen molar-refractivity contribution >= 4 is 29.9 Å². The summed E-state index contributed by atoms with van der Waals surface area (Å²) in [6, 6.07) is 1.77.